The van der Waals surface area contributed by atoms with Crippen LogP contribution in [0.3, 0.4) is 0 Å². The van der Waals surface area contributed by atoms with Crippen LogP contribution in [0.1, 0.15) is 54.9 Å². The number of amides is 2. The van der Waals surface area contributed by atoms with Crippen molar-refractivity contribution in [2.75, 3.05) is 11.9 Å². The second-order valence-electron chi connectivity index (χ2n) is 7.98. The standard InChI is InChI=1S/C24H30N4O2/c1-17(23(29)27-21-14-12-19(13-15-21)22(25)26)28(16-18-8-4-2-5-9-18)24(30)20-10-6-3-7-11-20/h3,6-7,10-15,17-18H,2,4-5,8-9,16H2,1H3,(H3,25,26)(H,27,29). The van der Waals surface area contributed by atoms with Gasteiger partial charge in [-0.05, 0) is 62.1 Å². The van der Waals surface area contributed by atoms with Crippen LogP contribution in [0, 0.1) is 11.3 Å². The van der Waals surface area contributed by atoms with Crippen LogP contribution in [0.4, 0.5) is 5.69 Å². The first kappa shape index (κ1) is 21.6. The minimum atomic E-state index is -0.605. The monoisotopic (exact) mass is 406 g/mol. The minimum Gasteiger partial charge on any atom is -0.384 e. The van der Waals surface area contributed by atoms with Gasteiger partial charge in [-0.2, -0.15) is 0 Å². The van der Waals surface area contributed by atoms with Gasteiger partial charge in [0, 0.05) is 23.4 Å². The lowest BCUT2D eigenvalue weighted by Crippen LogP contribution is -2.48. The number of amidine groups is 1. The molecule has 1 atom stereocenters. The summed E-state index contributed by atoms with van der Waals surface area (Å²) in [5, 5.41) is 10.4. The molecule has 0 spiro atoms. The lowest BCUT2D eigenvalue weighted by atomic mass is 9.88. The van der Waals surface area contributed by atoms with E-state index in [-0.39, 0.29) is 17.6 Å². The van der Waals surface area contributed by atoms with Gasteiger partial charge in [0.2, 0.25) is 5.91 Å². The average Bonchev–Trinajstić information content (AvgIpc) is 2.78. The van der Waals surface area contributed by atoms with Crippen molar-refractivity contribution in [3.63, 3.8) is 0 Å². The molecule has 0 heterocycles. The predicted octanol–water partition coefficient (Wildman–Crippen LogP) is 4.02. The largest absolute Gasteiger partial charge is 0.384 e. The number of hydrogen-bond acceptors (Lipinski definition) is 3. The first-order chi connectivity index (χ1) is 14.5. The van der Waals surface area contributed by atoms with Gasteiger partial charge in [0.15, 0.2) is 0 Å². The zero-order valence-electron chi connectivity index (χ0n) is 17.4. The molecule has 3 rings (SSSR count). The molecule has 30 heavy (non-hydrogen) atoms. The molecule has 2 aromatic rings. The zero-order valence-corrected chi connectivity index (χ0v) is 17.4. The van der Waals surface area contributed by atoms with Crippen LogP contribution in [0.25, 0.3) is 0 Å². The van der Waals surface area contributed by atoms with Gasteiger partial charge in [-0.1, -0.05) is 37.5 Å². The van der Waals surface area contributed by atoms with Gasteiger partial charge in [0.05, 0.1) is 0 Å². The summed E-state index contributed by atoms with van der Waals surface area (Å²) < 4.78 is 0. The van der Waals surface area contributed by atoms with Crippen molar-refractivity contribution in [1.29, 1.82) is 5.41 Å². The zero-order chi connectivity index (χ0) is 21.5. The van der Waals surface area contributed by atoms with Gasteiger partial charge in [0.1, 0.15) is 11.9 Å². The second kappa shape index (κ2) is 10.1. The van der Waals surface area contributed by atoms with Gasteiger partial charge >= 0.3 is 0 Å². The van der Waals surface area contributed by atoms with E-state index in [4.69, 9.17) is 11.1 Å². The molecule has 1 saturated carbocycles. The molecule has 158 valence electrons. The van der Waals surface area contributed by atoms with Crippen molar-refractivity contribution in [3.05, 3.63) is 65.7 Å². The lowest BCUT2D eigenvalue weighted by molar-refractivity contribution is -0.120. The summed E-state index contributed by atoms with van der Waals surface area (Å²) in [6.45, 7) is 2.37. The molecule has 0 aliphatic heterocycles. The van der Waals surface area contributed by atoms with Crippen LogP contribution < -0.4 is 11.1 Å². The van der Waals surface area contributed by atoms with Crippen LogP contribution >= 0.6 is 0 Å². The highest BCUT2D eigenvalue weighted by Crippen LogP contribution is 2.26. The van der Waals surface area contributed by atoms with Gasteiger partial charge in [-0.15, -0.1) is 0 Å². The number of benzene rings is 2. The first-order valence-electron chi connectivity index (χ1n) is 10.6. The van der Waals surface area contributed by atoms with Crippen molar-refractivity contribution in [3.8, 4) is 0 Å². The fourth-order valence-electron chi connectivity index (χ4n) is 3.93. The Morgan fingerprint density at radius 2 is 1.67 bits per heavy atom. The predicted molar refractivity (Wildman–Crippen MR) is 120 cm³/mol. The number of hydrogen-bond donors (Lipinski definition) is 3. The molecule has 1 fully saturated rings. The fraction of sp³-hybridized carbons (Fsp3) is 0.375. The van der Waals surface area contributed by atoms with Gasteiger partial charge < -0.3 is 16.0 Å². The summed E-state index contributed by atoms with van der Waals surface area (Å²) in [7, 11) is 0. The molecule has 0 saturated heterocycles. The maximum absolute atomic E-state index is 13.2. The summed E-state index contributed by atoms with van der Waals surface area (Å²) in [6, 6.07) is 15.4. The highest BCUT2D eigenvalue weighted by molar-refractivity contribution is 6.01. The Kier molecular flexibility index (Phi) is 7.22. The molecule has 0 radical (unpaired) electrons. The highest BCUT2D eigenvalue weighted by atomic mass is 16.2. The molecule has 1 aliphatic rings. The normalized spacial score (nSPS) is 15.2. The van der Waals surface area contributed by atoms with E-state index in [9.17, 15) is 9.59 Å². The topological polar surface area (TPSA) is 99.3 Å². The van der Waals surface area contributed by atoms with Crippen LogP contribution in [0.15, 0.2) is 54.6 Å². The maximum Gasteiger partial charge on any atom is 0.254 e. The van der Waals surface area contributed by atoms with Crippen LogP contribution in [0.2, 0.25) is 0 Å². The first-order valence-corrected chi connectivity index (χ1v) is 10.6. The van der Waals surface area contributed by atoms with Crippen molar-refractivity contribution in [1.82, 2.24) is 4.90 Å². The molecule has 1 aliphatic carbocycles. The lowest BCUT2D eigenvalue weighted by Gasteiger charge is -2.33. The Morgan fingerprint density at radius 3 is 2.27 bits per heavy atom. The third-order valence-electron chi connectivity index (χ3n) is 5.77. The van der Waals surface area contributed by atoms with E-state index in [0.717, 1.165) is 12.8 Å². The Bertz CT molecular complexity index is 874. The number of nitrogens with two attached hydrogens (primary N) is 1. The summed E-state index contributed by atoms with van der Waals surface area (Å²) in [5.41, 5.74) is 7.29. The van der Waals surface area contributed by atoms with Gasteiger partial charge in [0.25, 0.3) is 5.91 Å². The molecular formula is C24H30N4O2. The number of nitrogen functional groups attached to an aromatic ring is 1. The second-order valence-corrected chi connectivity index (χ2v) is 7.98. The number of anilines is 1. The van der Waals surface area contributed by atoms with Gasteiger partial charge in [-0.3, -0.25) is 15.0 Å². The molecule has 6 nitrogen and oxygen atoms in total. The third kappa shape index (κ3) is 5.47. The fourth-order valence-corrected chi connectivity index (χ4v) is 3.93. The molecule has 1 unspecified atom stereocenters. The Morgan fingerprint density at radius 1 is 1.03 bits per heavy atom. The Hall–Kier alpha value is -3.15. The van der Waals surface area contributed by atoms with E-state index in [1.54, 1.807) is 48.2 Å². The summed E-state index contributed by atoms with van der Waals surface area (Å²) >= 11 is 0. The van der Waals surface area contributed by atoms with Crippen molar-refractivity contribution in [2.24, 2.45) is 11.7 Å². The Labute approximate surface area is 178 Å². The smallest absolute Gasteiger partial charge is 0.254 e. The van der Waals surface area contributed by atoms with E-state index < -0.39 is 6.04 Å². The van der Waals surface area contributed by atoms with E-state index in [0.29, 0.717) is 29.3 Å². The third-order valence-corrected chi connectivity index (χ3v) is 5.77. The SMILES string of the molecule is CC(C(=O)Nc1ccc(C(=N)N)cc1)N(CC1CCCCC1)C(=O)c1ccccc1. The van der Waals surface area contributed by atoms with Crippen LogP contribution in [0.5, 0.6) is 0 Å². The molecular weight excluding hydrogens is 376 g/mol. The van der Waals surface area contributed by atoms with Crippen LogP contribution in [-0.4, -0.2) is 35.1 Å². The average molecular weight is 407 g/mol. The van der Waals surface area contributed by atoms with Crippen molar-refractivity contribution < 1.29 is 9.59 Å². The molecule has 2 amide bonds. The summed E-state index contributed by atoms with van der Waals surface area (Å²) in [5.74, 6) is 0.0614. The molecule has 0 bridgehead atoms. The number of rotatable bonds is 7. The van der Waals surface area contributed by atoms with Crippen molar-refractivity contribution >= 4 is 23.3 Å². The number of carbonyl (C=O) groups is 2. The summed E-state index contributed by atoms with van der Waals surface area (Å²) in [4.78, 5) is 27.9. The molecule has 4 N–H and O–H groups in total. The summed E-state index contributed by atoms with van der Waals surface area (Å²) in [6.07, 6.45) is 5.80. The van der Waals surface area contributed by atoms with E-state index in [1.807, 2.05) is 18.2 Å². The molecule has 6 heteroatoms. The number of carbonyl (C=O) groups excluding carboxylic acids is 2. The highest BCUT2D eigenvalue weighted by Gasteiger charge is 2.29. The molecule has 0 aromatic heterocycles. The van der Waals surface area contributed by atoms with Crippen molar-refractivity contribution in [2.45, 2.75) is 45.1 Å². The minimum absolute atomic E-state index is 0.0200. The number of nitrogens with zero attached hydrogens (tertiary/aromatic N) is 1. The van der Waals surface area contributed by atoms with Crippen LogP contribution in [-0.2, 0) is 4.79 Å². The van der Waals surface area contributed by atoms with E-state index in [2.05, 4.69) is 5.32 Å². The van der Waals surface area contributed by atoms with E-state index >= 15 is 0 Å². The maximum atomic E-state index is 13.2. The van der Waals surface area contributed by atoms with Gasteiger partial charge in [-0.25, -0.2) is 0 Å². The quantitative estimate of drug-likeness (QED) is 0.478. The number of nitrogens with one attached hydrogen (secondary N) is 2. The van der Waals surface area contributed by atoms with E-state index in [1.165, 1.54) is 19.3 Å². The Balaban J connectivity index is 1.75. The molecule has 2 aromatic carbocycles.